The topological polar surface area (TPSA) is 38.3 Å². The zero-order chi connectivity index (χ0) is 15.4. The molecule has 114 valence electrons. The normalized spacial score (nSPS) is 19.5. The molecular formula is C19H21NO2. The first-order valence-electron chi connectivity index (χ1n) is 7.74. The fourth-order valence-electron chi connectivity index (χ4n) is 2.91. The van der Waals surface area contributed by atoms with Crippen molar-refractivity contribution in [3.05, 3.63) is 65.7 Å². The van der Waals surface area contributed by atoms with E-state index < -0.39 is 0 Å². The molecular weight excluding hydrogens is 274 g/mol. The Labute approximate surface area is 131 Å². The van der Waals surface area contributed by atoms with Crippen LogP contribution in [0, 0.1) is 5.92 Å². The average molecular weight is 295 g/mol. The summed E-state index contributed by atoms with van der Waals surface area (Å²) >= 11 is 0. The van der Waals surface area contributed by atoms with E-state index in [9.17, 15) is 4.79 Å². The van der Waals surface area contributed by atoms with Gasteiger partial charge in [-0.25, -0.2) is 0 Å². The first kappa shape index (κ1) is 14.6. The predicted octanol–water partition coefficient (Wildman–Crippen LogP) is 3.16. The lowest BCUT2D eigenvalue weighted by molar-refractivity contribution is -0.122. The molecule has 2 unspecified atom stereocenters. The first-order chi connectivity index (χ1) is 10.8. The minimum Gasteiger partial charge on any atom is -0.496 e. The molecule has 1 saturated carbocycles. The molecule has 3 rings (SSSR count). The predicted molar refractivity (Wildman–Crippen MR) is 87.0 cm³/mol. The van der Waals surface area contributed by atoms with Gasteiger partial charge in [0.05, 0.1) is 7.11 Å². The standard InChI is InChI=1S/C19H21NO2/c1-22-18-10-6-5-9-15(18)11-12-20-19(21)17-13-16(17)14-7-3-2-4-8-14/h2-10,16-17H,11-13H2,1H3,(H,20,21). The molecule has 3 heteroatoms. The van der Waals surface area contributed by atoms with Crippen LogP contribution < -0.4 is 10.1 Å². The summed E-state index contributed by atoms with van der Waals surface area (Å²) in [4.78, 5) is 12.2. The Hall–Kier alpha value is -2.29. The van der Waals surface area contributed by atoms with E-state index in [0.29, 0.717) is 12.5 Å². The van der Waals surface area contributed by atoms with Gasteiger partial charge in [0.1, 0.15) is 5.75 Å². The molecule has 3 nitrogen and oxygen atoms in total. The monoisotopic (exact) mass is 295 g/mol. The van der Waals surface area contributed by atoms with Crippen LogP contribution in [0.2, 0.25) is 0 Å². The third kappa shape index (κ3) is 3.30. The molecule has 0 aromatic heterocycles. The number of para-hydroxylation sites is 1. The summed E-state index contributed by atoms with van der Waals surface area (Å²) in [5, 5.41) is 3.05. The molecule has 1 aliphatic rings. The van der Waals surface area contributed by atoms with E-state index in [1.54, 1.807) is 7.11 Å². The van der Waals surface area contributed by atoms with Crippen LogP contribution in [0.15, 0.2) is 54.6 Å². The van der Waals surface area contributed by atoms with E-state index in [2.05, 4.69) is 17.4 Å². The Morgan fingerprint density at radius 1 is 1.14 bits per heavy atom. The Morgan fingerprint density at radius 3 is 2.64 bits per heavy atom. The molecule has 2 atom stereocenters. The van der Waals surface area contributed by atoms with Crippen LogP contribution in [0.4, 0.5) is 0 Å². The number of benzene rings is 2. The van der Waals surface area contributed by atoms with Gasteiger partial charge in [0.2, 0.25) is 5.91 Å². The summed E-state index contributed by atoms with van der Waals surface area (Å²) in [6, 6.07) is 18.2. The Kier molecular flexibility index (Phi) is 4.42. The zero-order valence-electron chi connectivity index (χ0n) is 12.8. The molecule has 2 aromatic carbocycles. The summed E-state index contributed by atoms with van der Waals surface area (Å²) in [6.45, 7) is 0.650. The van der Waals surface area contributed by atoms with Crippen molar-refractivity contribution >= 4 is 5.91 Å². The van der Waals surface area contributed by atoms with E-state index in [-0.39, 0.29) is 11.8 Å². The number of hydrogen-bond acceptors (Lipinski definition) is 2. The third-order valence-electron chi connectivity index (χ3n) is 4.24. The smallest absolute Gasteiger partial charge is 0.223 e. The maximum Gasteiger partial charge on any atom is 0.223 e. The van der Waals surface area contributed by atoms with Gasteiger partial charge in [-0.05, 0) is 36.0 Å². The highest BCUT2D eigenvalue weighted by molar-refractivity contribution is 5.82. The minimum atomic E-state index is 0.139. The van der Waals surface area contributed by atoms with Crippen LogP contribution in [-0.4, -0.2) is 19.6 Å². The SMILES string of the molecule is COc1ccccc1CCNC(=O)C1CC1c1ccccc1. The highest BCUT2D eigenvalue weighted by Crippen LogP contribution is 2.47. The molecule has 1 fully saturated rings. The van der Waals surface area contributed by atoms with Gasteiger partial charge in [-0.3, -0.25) is 4.79 Å². The van der Waals surface area contributed by atoms with E-state index in [4.69, 9.17) is 4.74 Å². The lowest BCUT2D eigenvalue weighted by Gasteiger charge is -2.09. The maximum atomic E-state index is 12.2. The van der Waals surface area contributed by atoms with Gasteiger partial charge in [0.25, 0.3) is 0 Å². The number of carbonyl (C=O) groups excluding carboxylic acids is 1. The van der Waals surface area contributed by atoms with E-state index in [0.717, 1.165) is 24.2 Å². The highest BCUT2D eigenvalue weighted by atomic mass is 16.5. The minimum absolute atomic E-state index is 0.139. The maximum absolute atomic E-state index is 12.2. The van der Waals surface area contributed by atoms with Gasteiger partial charge in [0.15, 0.2) is 0 Å². The van der Waals surface area contributed by atoms with E-state index >= 15 is 0 Å². The molecule has 0 heterocycles. The van der Waals surface area contributed by atoms with Crippen LogP contribution in [-0.2, 0) is 11.2 Å². The molecule has 1 N–H and O–H groups in total. The van der Waals surface area contributed by atoms with Gasteiger partial charge in [0, 0.05) is 12.5 Å². The second kappa shape index (κ2) is 6.65. The van der Waals surface area contributed by atoms with Gasteiger partial charge >= 0.3 is 0 Å². The van der Waals surface area contributed by atoms with Crippen molar-refractivity contribution in [1.82, 2.24) is 5.32 Å². The molecule has 0 aliphatic heterocycles. The summed E-state index contributed by atoms with van der Waals surface area (Å²) in [5.74, 6) is 1.58. The number of hydrogen-bond donors (Lipinski definition) is 1. The third-order valence-corrected chi connectivity index (χ3v) is 4.24. The van der Waals surface area contributed by atoms with Crippen molar-refractivity contribution in [3.63, 3.8) is 0 Å². The molecule has 1 amide bonds. The van der Waals surface area contributed by atoms with Crippen molar-refractivity contribution < 1.29 is 9.53 Å². The van der Waals surface area contributed by atoms with Crippen LogP contribution in [0.1, 0.15) is 23.5 Å². The van der Waals surface area contributed by atoms with Crippen LogP contribution >= 0.6 is 0 Å². The molecule has 0 spiro atoms. The van der Waals surface area contributed by atoms with Crippen molar-refractivity contribution in [2.45, 2.75) is 18.8 Å². The summed E-state index contributed by atoms with van der Waals surface area (Å²) in [7, 11) is 1.67. The van der Waals surface area contributed by atoms with Crippen LogP contribution in [0.25, 0.3) is 0 Å². The molecule has 0 saturated heterocycles. The van der Waals surface area contributed by atoms with Gasteiger partial charge < -0.3 is 10.1 Å². The van der Waals surface area contributed by atoms with Crippen LogP contribution in [0.5, 0.6) is 5.75 Å². The molecule has 1 aliphatic carbocycles. The summed E-state index contributed by atoms with van der Waals surface area (Å²) in [6.07, 6.45) is 1.75. The van der Waals surface area contributed by atoms with Crippen molar-refractivity contribution in [1.29, 1.82) is 0 Å². The number of carbonyl (C=O) groups is 1. The zero-order valence-corrected chi connectivity index (χ0v) is 12.8. The Morgan fingerprint density at radius 2 is 1.86 bits per heavy atom. The summed E-state index contributed by atoms with van der Waals surface area (Å²) < 4.78 is 5.32. The van der Waals surface area contributed by atoms with Gasteiger partial charge in [-0.1, -0.05) is 48.5 Å². The Balaban J connectivity index is 1.48. The molecule has 0 bridgehead atoms. The molecule has 0 radical (unpaired) electrons. The number of methoxy groups -OCH3 is 1. The van der Waals surface area contributed by atoms with Gasteiger partial charge in [-0.2, -0.15) is 0 Å². The lowest BCUT2D eigenvalue weighted by atomic mass is 10.1. The van der Waals surface area contributed by atoms with Crippen molar-refractivity contribution in [3.8, 4) is 5.75 Å². The fourth-order valence-corrected chi connectivity index (χ4v) is 2.91. The van der Waals surface area contributed by atoms with Gasteiger partial charge in [-0.15, -0.1) is 0 Å². The molecule has 2 aromatic rings. The number of rotatable bonds is 6. The van der Waals surface area contributed by atoms with E-state index in [1.807, 2.05) is 42.5 Å². The van der Waals surface area contributed by atoms with Crippen molar-refractivity contribution in [2.75, 3.05) is 13.7 Å². The molecule has 22 heavy (non-hydrogen) atoms. The Bertz CT molecular complexity index is 639. The second-order valence-electron chi connectivity index (χ2n) is 5.71. The number of amides is 1. The number of nitrogens with one attached hydrogen (secondary N) is 1. The lowest BCUT2D eigenvalue weighted by Crippen LogP contribution is -2.27. The highest BCUT2D eigenvalue weighted by Gasteiger charge is 2.43. The summed E-state index contributed by atoms with van der Waals surface area (Å²) in [5.41, 5.74) is 2.40. The first-order valence-corrected chi connectivity index (χ1v) is 7.74. The van der Waals surface area contributed by atoms with Crippen LogP contribution in [0.3, 0.4) is 0 Å². The van der Waals surface area contributed by atoms with Crippen molar-refractivity contribution in [2.24, 2.45) is 5.92 Å². The second-order valence-corrected chi connectivity index (χ2v) is 5.71. The average Bonchev–Trinajstić information content (AvgIpc) is 3.37. The van der Waals surface area contributed by atoms with E-state index in [1.165, 1.54) is 5.56 Å². The largest absolute Gasteiger partial charge is 0.496 e. The number of ether oxygens (including phenoxy) is 1. The fraction of sp³-hybridized carbons (Fsp3) is 0.316. The quantitative estimate of drug-likeness (QED) is 0.889.